The molecule has 0 saturated heterocycles. The molecule has 22 N–H and O–H groups in total. The molecule has 1 aliphatic carbocycles. The van der Waals surface area contributed by atoms with Gasteiger partial charge in [-0.3, -0.25) is 57.9 Å². The molecule has 1 saturated carbocycles. The van der Waals surface area contributed by atoms with Gasteiger partial charge < -0.3 is 96.4 Å². The predicted octanol–water partition coefficient (Wildman–Crippen LogP) is -4.40. The highest BCUT2D eigenvalue weighted by Gasteiger charge is 2.38. The molecule has 1 unspecified atom stereocenters. The van der Waals surface area contributed by atoms with Crippen LogP contribution in [-0.4, -0.2) is 194 Å². The summed E-state index contributed by atoms with van der Waals surface area (Å²) in [6.07, 6.45) is 4.17. The zero-order chi connectivity index (χ0) is 64.0. The van der Waals surface area contributed by atoms with Crippen LogP contribution in [-0.2, 0) is 60.8 Å². The van der Waals surface area contributed by atoms with Gasteiger partial charge in [-0.15, -0.1) is 0 Å². The smallest absolute Gasteiger partial charge is 0.323 e. The van der Waals surface area contributed by atoms with Crippen LogP contribution in [0, 0.1) is 5.92 Å². The lowest BCUT2D eigenvalue weighted by atomic mass is 9.91. The zero-order valence-corrected chi connectivity index (χ0v) is 49.6. The van der Waals surface area contributed by atoms with Gasteiger partial charge in [0, 0.05) is 37.4 Å². The average molecular weight is 1210 g/mol. The number of rotatable bonds is 37. The Morgan fingerprint density at radius 2 is 1.21 bits per heavy atom. The predicted molar refractivity (Wildman–Crippen MR) is 316 cm³/mol. The number of aromatic amines is 1. The molecule has 478 valence electrons. The first kappa shape index (κ1) is 71.8. The number of aliphatic hydroxyl groups excluding tert-OH is 2. The molecule has 11 atom stereocenters. The summed E-state index contributed by atoms with van der Waals surface area (Å²) in [7, 11) is 0. The summed E-state index contributed by atoms with van der Waals surface area (Å²) in [5, 5.41) is 51.5. The molecule has 31 nitrogen and oxygen atoms in total. The van der Waals surface area contributed by atoms with E-state index in [0.29, 0.717) is 31.4 Å². The van der Waals surface area contributed by atoms with E-state index in [1.807, 2.05) is 12.1 Å². The number of carboxylic acid groups (broad SMARTS) is 1. The molecule has 1 aliphatic rings. The number of aromatic nitrogens is 2. The molecule has 0 bridgehead atoms. The number of aliphatic hydroxyl groups is 2. The number of benzene rings is 1. The Kier molecular flexibility index (Phi) is 31.0. The fraction of sp³-hybridized carbons (Fsp3) is 0.618. The van der Waals surface area contributed by atoms with Crippen LogP contribution in [0.4, 0.5) is 0 Å². The van der Waals surface area contributed by atoms with E-state index in [4.69, 9.17) is 28.7 Å². The molecular formula is C55H90N18O13. The maximum Gasteiger partial charge on any atom is 0.323 e. The van der Waals surface area contributed by atoms with Crippen molar-refractivity contribution in [2.45, 2.75) is 185 Å². The molecule has 86 heavy (non-hydrogen) atoms. The number of H-pyrrole nitrogens is 1. The number of aryl methyl sites for hydroxylation is 1. The third-order valence-corrected chi connectivity index (χ3v) is 14.4. The van der Waals surface area contributed by atoms with E-state index < -0.39 is 139 Å². The lowest BCUT2D eigenvalue weighted by Gasteiger charge is -2.37. The number of hydrogen-bond donors (Lipinski definition) is 17. The minimum absolute atomic E-state index is 0.00253. The standard InChI is InChI=1S/C55H90N18O13/c1-6-30(2)43(53(86)73(28-42(77)78)36-17-11-8-12-18-36)70-49(82)38(20-14-24-63-55(59)60)67-41(76)27-64-51(84)44(32(4)74)72-52(85)45(33(5)75)71-50(83)40(25-35-26-61-29-65-35)69-48(81)39(22-21-34-15-9-7-10-16-34)68-46(79)31(3)66-47(80)37(56)19-13-23-62-54(57)58/h7,9-10,15-16,26,29-33,36-40,43-45,74-75H,6,8,11-14,17-25,27-28,56H2,1-5H3,(H,61,65)(H,64,84)(H,66,80)(H,67,76)(H,68,79)(H,69,81)(H,70,82)(H,71,83)(H,72,85)(H,77,78)(H4,57,58,62)(H4,59,60,63)/t30?,31-,32+,33+,37-,38-,39-,40-,43-,44-,45-/m0/s1. The maximum atomic E-state index is 14.3. The number of amides is 9. The summed E-state index contributed by atoms with van der Waals surface area (Å²) >= 11 is 0. The van der Waals surface area contributed by atoms with Gasteiger partial charge in [-0.2, -0.15) is 0 Å². The first-order valence-corrected chi connectivity index (χ1v) is 28.9. The quantitative estimate of drug-likeness (QED) is 0.0173. The zero-order valence-electron chi connectivity index (χ0n) is 49.6. The van der Waals surface area contributed by atoms with Gasteiger partial charge in [-0.05, 0) is 83.6 Å². The third-order valence-electron chi connectivity index (χ3n) is 14.4. The van der Waals surface area contributed by atoms with Crippen molar-refractivity contribution >= 4 is 71.1 Å². The van der Waals surface area contributed by atoms with Crippen molar-refractivity contribution in [2.75, 3.05) is 26.2 Å². The van der Waals surface area contributed by atoms with Gasteiger partial charge in [-0.1, -0.05) is 69.9 Å². The molecule has 1 fully saturated rings. The number of carbonyl (C=O) groups is 10. The highest BCUT2D eigenvalue weighted by atomic mass is 16.4. The molecule has 1 heterocycles. The summed E-state index contributed by atoms with van der Waals surface area (Å²) in [6.45, 7) is 6.08. The van der Waals surface area contributed by atoms with Crippen LogP contribution in [0.3, 0.4) is 0 Å². The van der Waals surface area contributed by atoms with Gasteiger partial charge in [0.2, 0.25) is 53.2 Å². The van der Waals surface area contributed by atoms with Crippen molar-refractivity contribution in [1.82, 2.24) is 57.4 Å². The maximum absolute atomic E-state index is 14.3. The number of aliphatic imine (C=N–C) groups is 2. The lowest BCUT2D eigenvalue weighted by Crippen LogP contribution is -2.62. The van der Waals surface area contributed by atoms with Gasteiger partial charge in [-0.25, -0.2) is 4.98 Å². The van der Waals surface area contributed by atoms with E-state index >= 15 is 0 Å². The second kappa shape index (κ2) is 37.1. The Labute approximate surface area is 499 Å². The molecule has 3 rings (SSSR count). The Hall–Kier alpha value is -8.45. The van der Waals surface area contributed by atoms with Gasteiger partial charge in [0.05, 0.1) is 31.1 Å². The molecule has 0 aliphatic heterocycles. The highest BCUT2D eigenvalue weighted by molar-refractivity contribution is 5.98. The van der Waals surface area contributed by atoms with E-state index in [9.17, 15) is 63.3 Å². The van der Waals surface area contributed by atoms with Crippen LogP contribution in [0.2, 0.25) is 0 Å². The van der Waals surface area contributed by atoms with Crippen LogP contribution >= 0.6 is 0 Å². The summed E-state index contributed by atoms with van der Waals surface area (Å²) in [5.74, 6) is -9.92. The minimum Gasteiger partial charge on any atom is -0.480 e. The second-order valence-electron chi connectivity index (χ2n) is 21.5. The van der Waals surface area contributed by atoms with Crippen LogP contribution in [0.1, 0.15) is 117 Å². The molecule has 1 aromatic heterocycles. The molecule has 0 radical (unpaired) electrons. The number of nitrogens with zero attached hydrogens (tertiary/aromatic N) is 4. The average Bonchev–Trinajstić information content (AvgIpc) is 2.32. The molecular weight excluding hydrogens is 1120 g/mol. The summed E-state index contributed by atoms with van der Waals surface area (Å²) in [6, 6.07) is -2.60. The van der Waals surface area contributed by atoms with Crippen LogP contribution in [0.5, 0.6) is 0 Å². The Balaban J connectivity index is 1.79. The number of nitrogens with one attached hydrogen (secondary N) is 9. The fourth-order valence-electron chi connectivity index (χ4n) is 9.30. The topological polar surface area (TPSA) is 514 Å². The van der Waals surface area contributed by atoms with Crippen molar-refractivity contribution in [3.63, 3.8) is 0 Å². The summed E-state index contributed by atoms with van der Waals surface area (Å²) < 4.78 is 0. The van der Waals surface area contributed by atoms with Gasteiger partial charge >= 0.3 is 5.97 Å². The van der Waals surface area contributed by atoms with Crippen LogP contribution < -0.4 is 71.2 Å². The van der Waals surface area contributed by atoms with Crippen molar-refractivity contribution in [1.29, 1.82) is 0 Å². The number of aliphatic carboxylic acids is 1. The fourth-order valence-corrected chi connectivity index (χ4v) is 9.30. The largest absolute Gasteiger partial charge is 0.480 e. The lowest BCUT2D eigenvalue weighted by molar-refractivity contribution is -0.149. The van der Waals surface area contributed by atoms with E-state index in [1.54, 1.807) is 32.0 Å². The number of imidazole rings is 1. The molecule has 31 heteroatoms. The minimum atomic E-state index is -1.85. The van der Waals surface area contributed by atoms with Gasteiger partial charge in [0.15, 0.2) is 11.9 Å². The molecule has 1 aromatic carbocycles. The Morgan fingerprint density at radius 1 is 0.663 bits per heavy atom. The number of carbonyl (C=O) groups excluding carboxylic acids is 9. The van der Waals surface area contributed by atoms with E-state index in [2.05, 4.69) is 62.5 Å². The summed E-state index contributed by atoms with van der Waals surface area (Å²) in [5.41, 5.74) is 28.9. The third kappa shape index (κ3) is 25.4. The van der Waals surface area contributed by atoms with E-state index in [0.717, 1.165) is 38.7 Å². The first-order chi connectivity index (χ1) is 40.7. The van der Waals surface area contributed by atoms with Crippen molar-refractivity contribution in [3.8, 4) is 0 Å². The van der Waals surface area contributed by atoms with Crippen molar-refractivity contribution in [2.24, 2.45) is 44.6 Å². The molecule has 2 aromatic rings. The number of hydrogen-bond acceptors (Lipinski definition) is 16. The number of nitrogens with two attached hydrogens (primary N) is 5. The summed E-state index contributed by atoms with van der Waals surface area (Å²) in [4.78, 5) is 152. The number of carboxylic acids is 1. The number of guanidine groups is 2. The molecule has 9 amide bonds. The van der Waals surface area contributed by atoms with Crippen molar-refractivity contribution in [3.05, 3.63) is 54.1 Å². The normalized spacial score (nSPS) is 16.1. The van der Waals surface area contributed by atoms with E-state index in [1.165, 1.54) is 24.3 Å². The molecule has 0 spiro atoms. The van der Waals surface area contributed by atoms with Gasteiger partial charge in [0.1, 0.15) is 48.8 Å². The first-order valence-electron chi connectivity index (χ1n) is 28.9. The van der Waals surface area contributed by atoms with Crippen LogP contribution in [0.25, 0.3) is 0 Å². The van der Waals surface area contributed by atoms with E-state index in [-0.39, 0.29) is 69.6 Å². The van der Waals surface area contributed by atoms with Crippen LogP contribution in [0.15, 0.2) is 52.8 Å². The van der Waals surface area contributed by atoms with Gasteiger partial charge in [0.25, 0.3) is 0 Å². The highest BCUT2D eigenvalue weighted by Crippen LogP contribution is 2.25. The monoisotopic (exact) mass is 1210 g/mol. The van der Waals surface area contributed by atoms with Crippen molar-refractivity contribution < 1.29 is 63.3 Å². The second-order valence-corrected chi connectivity index (χ2v) is 21.5. The Morgan fingerprint density at radius 3 is 1.78 bits per heavy atom. The SMILES string of the molecule is CCC(C)[C@H](NC(=O)[C@H](CCCN=C(N)N)NC(=O)CNC(=O)[C@@H](NC(=O)[C@@H](NC(=O)[C@H](Cc1cnc[nH]1)NC(=O)[C@H](CCc1ccccc1)NC(=O)[C@H](C)NC(=O)[C@@H](N)CCCN=C(N)N)[C@@H](C)O)[C@@H](C)O)C(=O)N(CC(=O)O)C1CCCCC1. The Bertz CT molecular complexity index is 2590.